The van der Waals surface area contributed by atoms with E-state index in [0.717, 1.165) is 43.8 Å². The highest BCUT2D eigenvalue weighted by Crippen LogP contribution is 2.25. The summed E-state index contributed by atoms with van der Waals surface area (Å²) in [6.07, 6.45) is 4.69. The average Bonchev–Trinajstić information content (AvgIpc) is 3.26. The fourth-order valence-electron chi connectivity index (χ4n) is 4.02. The van der Waals surface area contributed by atoms with Crippen LogP contribution in [0.2, 0.25) is 0 Å². The Labute approximate surface area is 165 Å². The first-order chi connectivity index (χ1) is 13.0. The first-order valence-corrected chi connectivity index (χ1v) is 10.6. The maximum absolute atomic E-state index is 12.6. The Hall–Kier alpha value is -1.51. The van der Waals surface area contributed by atoms with Crippen molar-refractivity contribution in [1.82, 2.24) is 20.1 Å². The van der Waals surface area contributed by atoms with Crippen LogP contribution in [0.25, 0.3) is 0 Å². The highest BCUT2D eigenvalue weighted by molar-refractivity contribution is 7.09. The molecule has 3 heterocycles. The van der Waals surface area contributed by atoms with Gasteiger partial charge in [0, 0.05) is 50.6 Å². The number of amides is 2. The molecule has 0 aliphatic carbocycles. The molecule has 2 aliphatic rings. The molecule has 8 heteroatoms. The number of hydrogen-bond donors (Lipinski definition) is 1. The van der Waals surface area contributed by atoms with Gasteiger partial charge in [0.25, 0.3) is 5.91 Å². The van der Waals surface area contributed by atoms with Gasteiger partial charge in [0.1, 0.15) is 5.69 Å². The maximum Gasteiger partial charge on any atom is 0.270 e. The van der Waals surface area contributed by atoms with Gasteiger partial charge >= 0.3 is 0 Å². The lowest BCUT2D eigenvalue weighted by molar-refractivity contribution is -0.134. The quantitative estimate of drug-likeness (QED) is 0.794. The van der Waals surface area contributed by atoms with Crippen LogP contribution < -0.4 is 5.32 Å². The molecule has 150 valence electrons. The molecule has 27 heavy (non-hydrogen) atoms. The Balaban J connectivity index is 1.43. The van der Waals surface area contributed by atoms with Crippen molar-refractivity contribution in [2.24, 2.45) is 0 Å². The topological polar surface area (TPSA) is 74.8 Å². The first-order valence-electron chi connectivity index (χ1n) is 9.70. The summed E-state index contributed by atoms with van der Waals surface area (Å²) in [7, 11) is 3.80. The summed E-state index contributed by atoms with van der Waals surface area (Å²) < 4.78 is 5.38. The third-order valence-electron chi connectivity index (χ3n) is 5.87. The lowest BCUT2D eigenvalue weighted by atomic mass is 10.1. The molecule has 3 rings (SSSR count). The molecule has 2 aliphatic heterocycles. The van der Waals surface area contributed by atoms with Gasteiger partial charge in [0.05, 0.1) is 11.1 Å². The van der Waals surface area contributed by atoms with E-state index in [4.69, 9.17) is 4.74 Å². The summed E-state index contributed by atoms with van der Waals surface area (Å²) in [5.41, 5.74) is 0.490. The molecule has 1 aromatic heterocycles. The van der Waals surface area contributed by atoms with Gasteiger partial charge in [-0.3, -0.25) is 14.5 Å². The van der Waals surface area contributed by atoms with Gasteiger partial charge in [-0.25, -0.2) is 4.98 Å². The number of nitrogens with one attached hydrogen (secondary N) is 1. The van der Waals surface area contributed by atoms with E-state index in [1.807, 2.05) is 11.8 Å². The van der Waals surface area contributed by atoms with E-state index < -0.39 is 0 Å². The van der Waals surface area contributed by atoms with E-state index in [9.17, 15) is 9.59 Å². The van der Waals surface area contributed by atoms with Crippen molar-refractivity contribution in [3.05, 3.63) is 16.1 Å². The van der Waals surface area contributed by atoms with Crippen molar-refractivity contribution in [2.45, 2.75) is 57.2 Å². The van der Waals surface area contributed by atoms with Gasteiger partial charge in [-0.05, 0) is 39.7 Å². The molecular formula is C19H30N4O3S. The van der Waals surface area contributed by atoms with Crippen LogP contribution in [-0.2, 0) is 9.53 Å². The fraction of sp³-hybridized carbons (Fsp3) is 0.737. The van der Waals surface area contributed by atoms with Crippen LogP contribution >= 0.6 is 11.3 Å². The number of ether oxygens (including phenoxy) is 1. The number of carbonyl (C=O) groups is 2. The molecule has 0 bridgehead atoms. The van der Waals surface area contributed by atoms with Gasteiger partial charge in [-0.15, -0.1) is 11.3 Å². The summed E-state index contributed by atoms with van der Waals surface area (Å²) in [5.74, 6) is 0.123. The van der Waals surface area contributed by atoms with Crippen LogP contribution in [0, 0.1) is 6.92 Å². The summed E-state index contributed by atoms with van der Waals surface area (Å²) in [5, 5.41) is 5.67. The SMILES string of the molecule is COC1CCN(C(=O)C[C@H]2CC[C@@H](CNC(=O)c3csc(C)n3)N2C)CC1. The molecular weight excluding hydrogens is 364 g/mol. The van der Waals surface area contributed by atoms with Crippen LogP contribution in [0.3, 0.4) is 0 Å². The molecule has 2 fully saturated rings. The second kappa shape index (κ2) is 9.12. The van der Waals surface area contributed by atoms with Gasteiger partial charge in [0.15, 0.2) is 0 Å². The number of nitrogens with zero attached hydrogens (tertiary/aromatic N) is 3. The Morgan fingerprint density at radius 1 is 1.26 bits per heavy atom. The zero-order valence-electron chi connectivity index (χ0n) is 16.4. The van der Waals surface area contributed by atoms with Crippen LogP contribution in [0.4, 0.5) is 0 Å². The molecule has 2 saturated heterocycles. The standard InChI is InChI=1S/C19H30N4O3S/c1-13-21-17(12-27-13)19(25)20-11-15-5-4-14(22(15)2)10-18(24)23-8-6-16(26-3)7-9-23/h12,14-16H,4-11H2,1-3H3,(H,20,25)/t14-,15+/m1/s1. The van der Waals surface area contributed by atoms with Crippen molar-refractivity contribution in [1.29, 1.82) is 0 Å². The van der Waals surface area contributed by atoms with E-state index in [2.05, 4.69) is 22.2 Å². The number of piperidine rings is 1. The minimum atomic E-state index is -0.117. The molecule has 1 N–H and O–H groups in total. The molecule has 0 saturated carbocycles. The third-order valence-corrected chi connectivity index (χ3v) is 6.65. The number of methoxy groups -OCH3 is 1. The molecule has 0 aromatic carbocycles. The average molecular weight is 395 g/mol. The Morgan fingerprint density at radius 3 is 2.59 bits per heavy atom. The predicted octanol–water partition coefficient (Wildman–Crippen LogP) is 1.67. The molecule has 0 unspecified atom stereocenters. The van der Waals surface area contributed by atoms with E-state index in [-0.39, 0.29) is 30.0 Å². The Morgan fingerprint density at radius 2 is 1.96 bits per heavy atom. The van der Waals surface area contributed by atoms with Crippen molar-refractivity contribution in [3.8, 4) is 0 Å². The molecule has 0 spiro atoms. The minimum Gasteiger partial charge on any atom is -0.381 e. The zero-order chi connectivity index (χ0) is 19.4. The lowest BCUT2D eigenvalue weighted by Gasteiger charge is -2.33. The van der Waals surface area contributed by atoms with Gasteiger partial charge in [-0.1, -0.05) is 0 Å². The molecule has 7 nitrogen and oxygen atoms in total. The summed E-state index contributed by atoms with van der Waals surface area (Å²) in [6, 6.07) is 0.520. The predicted molar refractivity (Wildman–Crippen MR) is 105 cm³/mol. The lowest BCUT2D eigenvalue weighted by Crippen LogP contribution is -2.45. The number of carbonyl (C=O) groups excluding carboxylic acids is 2. The number of thiazole rings is 1. The number of rotatable bonds is 6. The van der Waals surface area contributed by atoms with Gasteiger partial charge in [0.2, 0.25) is 5.91 Å². The molecule has 2 atom stereocenters. The fourth-order valence-corrected chi connectivity index (χ4v) is 4.62. The minimum absolute atomic E-state index is 0.117. The molecule has 1 aromatic rings. The van der Waals surface area contributed by atoms with Crippen LogP contribution in [0.15, 0.2) is 5.38 Å². The smallest absolute Gasteiger partial charge is 0.270 e. The van der Waals surface area contributed by atoms with E-state index in [1.165, 1.54) is 11.3 Å². The van der Waals surface area contributed by atoms with Crippen LogP contribution in [-0.4, -0.2) is 78.6 Å². The zero-order valence-corrected chi connectivity index (χ0v) is 17.3. The number of likely N-dealkylation sites (tertiary alicyclic amines) is 2. The second-order valence-electron chi connectivity index (χ2n) is 7.53. The van der Waals surface area contributed by atoms with E-state index in [0.29, 0.717) is 18.7 Å². The first kappa shape index (κ1) is 20.2. The van der Waals surface area contributed by atoms with E-state index in [1.54, 1.807) is 12.5 Å². The number of likely N-dealkylation sites (N-methyl/N-ethyl adjacent to an activating group) is 1. The number of hydrogen-bond acceptors (Lipinski definition) is 6. The van der Waals surface area contributed by atoms with Crippen LogP contribution in [0.1, 0.15) is 47.6 Å². The third kappa shape index (κ3) is 5.06. The monoisotopic (exact) mass is 394 g/mol. The number of aryl methyl sites for hydroxylation is 1. The summed E-state index contributed by atoms with van der Waals surface area (Å²) in [4.78, 5) is 33.3. The summed E-state index contributed by atoms with van der Waals surface area (Å²) >= 11 is 1.48. The van der Waals surface area contributed by atoms with Crippen molar-refractivity contribution in [2.75, 3.05) is 33.8 Å². The molecule has 2 amide bonds. The Bertz CT molecular complexity index is 657. The van der Waals surface area contributed by atoms with Crippen molar-refractivity contribution < 1.29 is 14.3 Å². The highest BCUT2D eigenvalue weighted by Gasteiger charge is 2.33. The van der Waals surface area contributed by atoms with Crippen LogP contribution in [0.5, 0.6) is 0 Å². The normalized spacial score (nSPS) is 24.3. The number of aromatic nitrogens is 1. The van der Waals surface area contributed by atoms with Crippen molar-refractivity contribution in [3.63, 3.8) is 0 Å². The van der Waals surface area contributed by atoms with E-state index >= 15 is 0 Å². The van der Waals surface area contributed by atoms with Crippen molar-refractivity contribution >= 4 is 23.2 Å². The highest BCUT2D eigenvalue weighted by atomic mass is 32.1. The maximum atomic E-state index is 12.6. The summed E-state index contributed by atoms with van der Waals surface area (Å²) in [6.45, 7) is 4.07. The Kier molecular flexibility index (Phi) is 6.83. The van der Waals surface area contributed by atoms with Gasteiger partial charge in [-0.2, -0.15) is 0 Å². The second-order valence-corrected chi connectivity index (χ2v) is 8.59. The largest absolute Gasteiger partial charge is 0.381 e. The van der Waals surface area contributed by atoms with Gasteiger partial charge < -0.3 is 15.0 Å². The molecule has 0 radical (unpaired) electrons.